The molecule has 104 valence electrons. The minimum atomic E-state index is -3.25. The first-order chi connectivity index (χ1) is 8.89. The summed E-state index contributed by atoms with van der Waals surface area (Å²) >= 11 is 0. The van der Waals surface area contributed by atoms with Crippen molar-refractivity contribution in [3.8, 4) is 0 Å². The Labute approximate surface area is 115 Å². The van der Waals surface area contributed by atoms with Crippen LogP contribution < -0.4 is 0 Å². The Balaban J connectivity index is 2.22. The van der Waals surface area contributed by atoms with E-state index >= 15 is 0 Å². The lowest BCUT2D eigenvalue weighted by Gasteiger charge is -2.19. The molecular weight excluding hydrogens is 284 g/mol. The van der Waals surface area contributed by atoms with Crippen LogP contribution in [0.15, 0.2) is 34.1 Å². The van der Waals surface area contributed by atoms with Gasteiger partial charge in [-0.05, 0) is 37.1 Å². The number of carbonyl (C=O) groups excluding carboxylic acids is 1. The van der Waals surface area contributed by atoms with Gasteiger partial charge in [-0.1, -0.05) is 6.42 Å². The highest BCUT2D eigenvalue weighted by molar-refractivity contribution is 7.90. The Bertz CT molecular complexity index is 602. The molecule has 19 heavy (non-hydrogen) atoms. The van der Waals surface area contributed by atoms with Gasteiger partial charge in [0, 0.05) is 17.6 Å². The summed E-state index contributed by atoms with van der Waals surface area (Å²) in [6, 6.07) is 5.95. The summed E-state index contributed by atoms with van der Waals surface area (Å²) in [6.07, 6.45) is 4.07. The first-order valence-electron chi connectivity index (χ1n) is 6.13. The third kappa shape index (κ3) is 3.30. The summed E-state index contributed by atoms with van der Waals surface area (Å²) in [7, 11) is -4.63. The topological polar surface area (TPSA) is 68.3 Å². The summed E-state index contributed by atoms with van der Waals surface area (Å²) in [6.45, 7) is 0. The molecule has 0 bridgehead atoms. The first-order valence-corrected chi connectivity index (χ1v) is 9.23. The zero-order chi connectivity index (χ0) is 14.0. The van der Waals surface area contributed by atoms with Crippen LogP contribution in [0.2, 0.25) is 0 Å². The third-order valence-corrected chi connectivity index (χ3v) is 6.12. The largest absolute Gasteiger partial charge is 0.298 e. The number of carbonyl (C=O) groups is 1. The normalized spacial score (nSPS) is 22.2. The van der Waals surface area contributed by atoms with Crippen molar-refractivity contribution in [3.63, 3.8) is 0 Å². The highest BCUT2D eigenvalue weighted by atomic mass is 32.2. The van der Waals surface area contributed by atoms with E-state index in [4.69, 9.17) is 0 Å². The summed E-state index contributed by atoms with van der Waals surface area (Å²) in [5.74, 6) is 0.0526. The molecule has 1 aromatic carbocycles. The van der Waals surface area contributed by atoms with Gasteiger partial charge in [0.2, 0.25) is 0 Å². The third-order valence-electron chi connectivity index (χ3n) is 3.24. The zero-order valence-corrected chi connectivity index (χ0v) is 12.3. The fourth-order valence-electron chi connectivity index (χ4n) is 2.16. The average molecular weight is 300 g/mol. The average Bonchev–Trinajstić information content (AvgIpc) is 2.38. The number of benzene rings is 1. The number of sulfone groups is 1. The molecule has 1 aliphatic carbocycles. The molecule has 4 nitrogen and oxygen atoms in total. The molecule has 1 aliphatic rings. The predicted octanol–water partition coefficient (Wildman–Crippen LogP) is 1.71. The van der Waals surface area contributed by atoms with E-state index in [1.54, 1.807) is 0 Å². The van der Waals surface area contributed by atoms with Crippen LogP contribution in [0.3, 0.4) is 0 Å². The lowest BCUT2D eigenvalue weighted by atomic mass is 9.99. The molecule has 0 spiro atoms. The molecule has 0 aromatic heterocycles. The van der Waals surface area contributed by atoms with Crippen LogP contribution >= 0.6 is 0 Å². The lowest BCUT2D eigenvalue weighted by molar-refractivity contribution is -0.119. The summed E-state index contributed by atoms with van der Waals surface area (Å²) in [5.41, 5.74) is 0. The van der Waals surface area contributed by atoms with Gasteiger partial charge in [0.05, 0.1) is 20.9 Å². The standard InChI is InChI=1S/C13H16O4S2/c1-19(16,17)11-8-6-10(7-9-11)18(15)13-5-3-2-4-12(13)14/h6-9,13H,2-5H2,1H3. The van der Waals surface area contributed by atoms with E-state index in [1.807, 2.05) is 0 Å². The summed E-state index contributed by atoms with van der Waals surface area (Å²) in [4.78, 5) is 12.5. The molecule has 1 aromatic rings. The molecule has 0 heterocycles. The first kappa shape index (κ1) is 14.4. The van der Waals surface area contributed by atoms with Gasteiger partial charge in [-0.15, -0.1) is 0 Å². The van der Waals surface area contributed by atoms with Crippen LogP contribution in [0.1, 0.15) is 25.7 Å². The van der Waals surface area contributed by atoms with Crippen LogP contribution in [0.5, 0.6) is 0 Å². The van der Waals surface area contributed by atoms with Crippen molar-refractivity contribution in [1.29, 1.82) is 0 Å². The molecule has 2 rings (SSSR count). The molecule has 2 unspecified atom stereocenters. The van der Waals surface area contributed by atoms with E-state index in [1.165, 1.54) is 24.3 Å². The van der Waals surface area contributed by atoms with Crippen molar-refractivity contribution in [2.75, 3.05) is 6.26 Å². The van der Waals surface area contributed by atoms with Gasteiger partial charge >= 0.3 is 0 Å². The van der Waals surface area contributed by atoms with E-state index < -0.39 is 25.9 Å². The second-order valence-electron chi connectivity index (χ2n) is 4.74. The van der Waals surface area contributed by atoms with Crippen molar-refractivity contribution >= 4 is 26.4 Å². The fourth-order valence-corrected chi connectivity index (χ4v) is 4.26. The molecule has 0 radical (unpaired) electrons. The number of ketones is 1. The van der Waals surface area contributed by atoms with E-state index in [2.05, 4.69) is 0 Å². The van der Waals surface area contributed by atoms with E-state index in [0.717, 1.165) is 19.1 Å². The maximum atomic E-state index is 12.3. The maximum Gasteiger partial charge on any atom is 0.175 e. The van der Waals surface area contributed by atoms with Crippen LogP contribution in [-0.4, -0.2) is 29.9 Å². The van der Waals surface area contributed by atoms with Crippen molar-refractivity contribution in [3.05, 3.63) is 24.3 Å². The fraction of sp³-hybridized carbons (Fsp3) is 0.462. The maximum absolute atomic E-state index is 12.3. The Morgan fingerprint density at radius 2 is 1.79 bits per heavy atom. The van der Waals surface area contributed by atoms with Crippen molar-refractivity contribution in [1.82, 2.24) is 0 Å². The van der Waals surface area contributed by atoms with Gasteiger partial charge in [-0.2, -0.15) is 0 Å². The number of rotatable bonds is 3. The number of hydrogen-bond donors (Lipinski definition) is 0. The molecule has 6 heteroatoms. The molecule has 0 amide bonds. The SMILES string of the molecule is CS(=O)(=O)c1ccc(S(=O)C2CCCCC2=O)cc1. The molecule has 0 N–H and O–H groups in total. The van der Waals surface area contributed by atoms with Gasteiger partial charge in [-0.25, -0.2) is 8.42 Å². The molecule has 2 atom stereocenters. The van der Waals surface area contributed by atoms with Crippen molar-refractivity contribution < 1.29 is 17.4 Å². The Morgan fingerprint density at radius 3 is 2.32 bits per heavy atom. The van der Waals surface area contributed by atoms with E-state index in [0.29, 0.717) is 17.7 Å². The van der Waals surface area contributed by atoms with E-state index in [9.17, 15) is 17.4 Å². The van der Waals surface area contributed by atoms with Gasteiger partial charge < -0.3 is 0 Å². The Morgan fingerprint density at radius 1 is 1.16 bits per heavy atom. The quantitative estimate of drug-likeness (QED) is 0.852. The second-order valence-corrected chi connectivity index (χ2v) is 8.39. The summed E-state index contributed by atoms with van der Waals surface area (Å²) < 4.78 is 35.0. The van der Waals surface area contributed by atoms with Gasteiger partial charge in [0.1, 0.15) is 5.78 Å². The Kier molecular flexibility index (Phi) is 4.20. The number of Topliss-reactive ketones (excluding diaryl/α,β-unsaturated/α-hetero) is 1. The van der Waals surface area contributed by atoms with Gasteiger partial charge in [0.15, 0.2) is 9.84 Å². The van der Waals surface area contributed by atoms with Crippen LogP contribution in [0, 0.1) is 0 Å². The van der Waals surface area contributed by atoms with Crippen molar-refractivity contribution in [2.24, 2.45) is 0 Å². The van der Waals surface area contributed by atoms with Crippen molar-refractivity contribution in [2.45, 2.75) is 40.7 Å². The second kappa shape index (κ2) is 5.54. The molecular formula is C13H16O4S2. The zero-order valence-electron chi connectivity index (χ0n) is 10.7. The molecule has 1 saturated carbocycles. The minimum Gasteiger partial charge on any atom is -0.298 e. The Hall–Kier alpha value is -1.01. The molecule has 0 aliphatic heterocycles. The van der Waals surface area contributed by atoms with Gasteiger partial charge in [-0.3, -0.25) is 9.00 Å². The smallest absolute Gasteiger partial charge is 0.175 e. The number of hydrogen-bond acceptors (Lipinski definition) is 4. The monoisotopic (exact) mass is 300 g/mol. The minimum absolute atomic E-state index is 0.0526. The van der Waals surface area contributed by atoms with E-state index in [-0.39, 0.29) is 10.7 Å². The van der Waals surface area contributed by atoms with Crippen LogP contribution in [0.4, 0.5) is 0 Å². The predicted molar refractivity (Wildman–Crippen MR) is 73.2 cm³/mol. The highest BCUT2D eigenvalue weighted by Gasteiger charge is 2.28. The molecule has 0 saturated heterocycles. The molecule has 1 fully saturated rings. The van der Waals surface area contributed by atoms with Gasteiger partial charge in [0.25, 0.3) is 0 Å². The van der Waals surface area contributed by atoms with Crippen LogP contribution in [0.25, 0.3) is 0 Å². The lowest BCUT2D eigenvalue weighted by Crippen LogP contribution is -2.29. The summed E-state index contributed by atoms with van der Waals surface area (Å²) in [5, 5.41) is -0.433. The van der Waals surface area contributed by atoms with Crippen LogP contribution in [-0.2, 0) is 25.4 Å². The highest BCUT2D eigenvalue weighted by Crippen LogP contribution is 2.24.